The van der Waals surface area contributed by atoms with E-state index in [-0.39, 0.29) is 23.8 Å². The Morgan fingerprint density at radius 1 is 1.12 bits per heavy atom. The van der Waals surface area contributed by atoms with Gasteiger partial charge in [0, 0.05) is 16.6 Å². The van der Waals surface area contributed by atoms with Crippen molar-refractivity contribution in [2.75, 3.05) is 32.4 Å². The Morgan fingerprint density at radius 2 is 1.92 bits per heavy atom. The monoisotopic (exact) mass is 361 g/mol. The summed E-state index contributed by atoms with van der Waals surface area (Å²) in [5.41, 5.74) is 0.903. The number of hydrogen-bond donors (Lipinski definition) is 1. The minimum Gasteiger partial charge on any atom is -0.497 e. The number of amides is 1. The topological polar surface area (TPSA) is 73.9 Å². The van der Waals surface area contributed by atoms with Gasteiger partial charge in [-0.1, -0.05) is 6.07 Å². The third-order valence-electron chi connectivity index (χ3n) is 3.31. The maximum atomic E-state index is 12.1. The van der Waals surface area contributed by atoms with Gasteiger partial charge in [-0.05, 0) is 36.6 Å². The van der Waals surface area contributed by atoms with E-state index >= 15 is 0 Å². The summed E-state index contributed by atoms with van der Waals surface area (Å²) in [4.78, 5) is 24.9. The Balaban J connectivity index is 2.06. The maximum absolute atomic E-state index is 12.1. The molecule has 1 amide bonds. The molecule has 0 bridgehead atoms. The molecule has 2 aromatic carbocycles. The Bertz CT molecular complexity index is 763. The van der Waals surface area contributed by atoms with Crippen molar-refractivity contribution in [2.24, 2.45) is 0 Å². The molecular formula is C18H19NO5S. The number of hydrogen-bond acceptors (Lipinski definition) is 6. The second-order valence-electron chi connectivity index (χ2n) is 4.92. The molecular weight excluding hydrogens is 342 g/mol. The van der Waals surface area contributed by atoms with Crippen LogP contribution in [0.1, 0.15) is 10.4 Å². The predicted molar refractivity (Wildman–Crippen MR) is 96.7 cm³/mol. The van der Waals surface area contributed by atoms with Crippen molar-refractivity contribution >= 4 is 29.3 Å². The van der Waals surface area contributed by atoms with Gasteiger partial charge in [-0.3, -0.25) is 4.79 Å². The molecule has 6 nitrogen and oxygen atoms in total. The van der Waals surface area contributed by atoms with Crippen molar-refractivity contribution in [1.82, 2.24) is 0 Å². The zero-order chi connectivity index (χ0) is 18.2. The second kappa shape index (κ2) is 8.98. The first kappa shape index (κ1) is 18.7. The summed E-state index contributed by atoms with van der Waals surface area (Å²) in [6, 6.07) is 12.2. The number of carbonyl (C=O) groups is 2. The summed E-state index contributed by atoms with van der Waals surface area (Å²) >= 11 is 1.58. The van der Waals surface area contributed by atoms with Gasteiger partial charge in [0.25, 0.3) is 5.91 Å². The highest BCUT2D eigenvalue weighted by atomic mass is 32.2. The van der Waals surface area contributed by atoms with E-state index in [0.29, 0.717) is 11.4 Å². The number of thioether (sulfide) groups is 1. The molecule has 0 aromatic heterocycles. The summed E-state index contributed by atoms with van der Waals surface area (Å²) in [6.45, 7) is -0.249. The van der Waals surface area contributed by atoms with Crippen LogP contribution in [0.15, 0.2) is 47.4 Å². The quantitative estimate of drug-likeness (QED) is 0.603. The second-order valence-corrected chi connectivity index (χ2v) is 5.80. The fraction of sp³-hybridized carbons (Fsp3) is 0.222. The number of benzene rings is 2. The molecule has 0 atom stereocenters. The molecule has 0 saturated heterocycles. The van der Waals surface area contributed by atoms with E-state index < -0.39 is 5.97 Å². The number of nitrogens with one attached hydrogen (secondary N) is 1. The third-order valence-corrected chi connectivity index (χ3v) is 4.03. The molecule has 1 N–H and O–H groups in total. The van der Waals surface area contributed by atoms with Gasteiger partial charge in [0.2, 0.25) is 0 Å². The first-order valence-electron chi connectivity index (χ1n) is 7.40. The van der Waals surface area contributed by atoms with E-state index in [1.807, 2.05) is 24.5 Å². The molecule has 0 aliphatic carbocycles. The van der Waals surface area contributed by atoms with Crippen molar-refractivity contribution in [3.05, 3.63) is 48.0 Å². The first-order valence-corrected chi connectivity index (χ1v) is 8.63. The van der Waals surface area contributed by atoms with Crippen LogP contribution in [0.2, 0.25) is 0 Å². The molecule has 132 valence electrons. The van der Waals surface area contributed by atoms with Crippen LogP contribution in [0.25, 0.3) is 0 Å². The predicted octanol–water partition coefficient (Wildman–Crippen LogP) is 3.22. The molecule has 2 aromatic rings. The summed E-state index contributed by atoms with van der Waals surface area (Å²) in [5.74, 6) is -0.155. The number of anilines is 1. The van der Waals surface area contributed by atoms with Gasteiger partial charge in [-0.25, -0.2) is 4.79 Å². The molecule has 7 heteroatoms. The average Bonchev–Trinajstić information content (AvgIpc) is 2.65. The zero-order valence-electron chi connectivity index (χ0n) is 14.2. The Labute approximate surface area is 150 Å². The maximum Gasteiger partial charge on any atom is 0.341 e. The summed E-state index contributed by atoms with van der Waals surface area (Å²) in [5, 5.41) is 2.75. The molecule has 0 radical (unpaired) electrons. The Kier molecular flexibility index (Phi) is 6.71. The normalized spacial score (nSPS) is 10.0. The molecule has 0 saturated carbocycles. The van der Waals surface area contributed by atoms with Crippen LogP contribution in [-0.2, 0) is 9.53 Å². The standard InChI is InChI=1S/C18H19NO5S/c1-22-13-7-8-15(18(21)23-2)16(10-13)24-11-17(20)19-12-5-4-6-14(9-12)25-3/h4-10H,11H2,1-3H3,(H,19,20). The van der Waals surface area contributed by atoms with Crippen molar-refractivity contribution in [1.29, 1.82) is 0 Å². The molecule has 0 heterocycles. The highest BCUT2D eigenvalue weighted by molar-refractivity contribution is 7.98. The van der Waals surface area contributed by atoms with Gasteiger partial charge in [0.05, 0.1) is 14.2 Å². The first-order chi connectivity index (χ1) is 12.1. The number of ether oxygens (including phenoxy) is 3. The van der Waals surface area contributed by atoms with Crippen LogP contribution in [-0.4, -0.2) is 39.0 Å². The van der Waals surface area contributed by atoms with Gasteiger partial charge < -0.3 is 19.5 Å². The Hall–Kier alpha value is -2.67. The number of methoxy groups -OCH3 is 2. The van der Waals surface area contributed by atoms with Crippen molar-refractivity contribution in [3.8, 4) is 11.5 Å². The van der Waals surface area contributed by atoms with Gasteiger partial charge in [0.1, 0.15) is 17.1 Å². The highest BCUT2D eigenvalue weighted by Gasteiger charge is 2.15. The average molecular weight is 361 g/mol. The molecule has 25 heavy (non-hydrogen) atoms. The van der Waals surface area contributed by atoms with Crippen LogP contribution in [0.3, 0.4) is 0 Å². The lowest BCUT2D eigenvalue weighted by Gasteiger charge is -2.12. The zero-order valence-corrected chi connectivity index (χ0v) is 15.0. The van der Waals surface area contributed by atoms with Crippen molar-refractivity contribution < 1.29 is 23.8 Å². The smallest absolute Gasteiger partial charge is 0.341 e. The lowest BCUT2D eigenvalue weighted by Crippen LogP contribution is -2.21. The fourth-order valence-electron chi connectivity index (χ4n) is 2.07. The van der Waals surface area contributed by atoms with Crippen LogP contribution >= 0.6 is 11.8 Å². The van der Waals surface area contributed by atoms with Gasteiger partial charge in [-0.2, -0.15) is 0 Å². The molecule has 2 rings (SSSR count). The molecule has 0 unspecified atom stereocenters. The van der Waals surface area contributed by atoms with E-state index in [4.69, 9.17) is 14.2 Å². The highest BCUT2D eigenvalue weighted by Crippen LogP contribution is 2.25. The molecule has 0 aliphatic rings. The van der Waals surface area contributed by atoms with Crippen molar-refractivity contribution in [3.63, 3.8) is 0 Å². The van der Waals surface area contributed by atoms with Crippen LogP contribution in [0.5, 0.6) is 11.5 Å². The molecule has 0 aliphatic heterocycles. The van der Waals surface area contributed by atoms with E-state index in [9.17, 15) is 9.59 Å². The third kappa shape index (κ3) is 5.15. The SMILES string of the molecule is COC(=O)c1ccc(OC)cc1OCC(=O)Nc1cccc(SC)c1. The number of carbonyl (C=O) groups excluding carboxylic acids is 2. The summed E-state index contributed by atoms with van der Waals surface area (Å²) in [7, 11) is 2.78. The number of rotatable bonds is 7. The van der Waals surface area contributed by atoms with Crippen LogP contribution in [0.4, 0.5) is 5.69 Å². The molecule has 0 fully saturated rings. The van der Waals surface area contributed by atoms with E-state index in [2.05, 4.69) is 5.32 Å². The van der Waals surface area contributed by atoms with E-state index in [1.165, 1.54) is 26.4 Å². The fourth-order valence-corrected chi connectivity index (χ4v) is 2.53. The van der Waals surface area contributed by atoms with E-state index in [0.717, 1.165) is 4.90 Å². The van der Waals surface area contributed by atoms with Crippen molar-refractivity contribution in [2.45, 2.75) is 4.90 Å². The van der Waals surface area contributed by atoms with Gasteiger partial charge in [-0.15, -0.1) is 11.8 Å². The minimum atomic E-state index is -0.550. The molecule has 0 spiro atoms. The van der Waals surface area contributed by atoms with E-state index in [1.54, 1.807) is 23.9 Å². The van der Waals surface area contributed by atoms with Crippen LogP contribution in [0, 0.1) is 0 Å². The van der Waals surface area contributed by atoms with Gasteiger partial charge in [0.15, 0.2) is 6.61 Å². The van der Waals surface area contributed by atoms with Gasteiger partial charge >= 0.3 is 5.97 Å². The minimum absolute atomic E-state index is 0.221. The summed E-state index contributed by atoms with van der Waals surface area (Å²) < 4.78 is 15.3. The Morgan fingerprint density at radius 3 is 2.60 bits per heavy atom. The largest absolute Gasteiger partial charge is 0.497 e. The number of esters is 1. The lowest BCUT2D eigenvalue weighted by atomic mass is 10.2. The lowest BCUT2D eigenvalue weighted by molar-refractivity contribution is -0.118. The van der Waals surface area contributed by atoms with Crippen LogP contribution < -0.4 is 14.8 Å². The summed E-state index contributed by atoms with van der Waals surface area (Å²) in [6.07, 6.45) is 1.96.